The minimum Gasteiger partial charge on any atom is -0.491 e. The van der Waals surface area contributed by atoms with E-state index in [9.17, 15) is 8.78 Å². The topological polar surface area (TPSA) is 22.1 Å². The Balaban J connectivity index is 1.51. The predicted octanol–water partition coefficient (Wildman–Crippen LogP) is 8.56. The molecular weight excluding hydrogens is 466 g/mol. The van der Waals surface area contributed by atoms with Crippen LogP contribution in [0, 0.1) is 23.3 Å². The van der Waals surface area contributed by atoms with Gasteiger partial charge in [-0.1, -0.05) is 36.4 Å². The maximum absolute atomic E-state index is 15.1. The van der Waals surface area contributed by atoms with E-state index in [2.05, 4.69) is 23.2 Å². The smallest absolute Gasteiger partial charge is 0.201 e. The zero-order chi connectivity index (χ0) is 25.7. The SMILES string of the molecule is C/C=C/CCc1ccc(C2CC=C(c3ccc(-c4ccc(OCC)c(F)c4F)c(F)c3F)CC2)cn1. The second-order valence-corrected chi connectivity index (χ2v) is 8.85. The fourth-order valence-corrected chi connectivity index (χ4v) is 4.62. The molecule has 1 aliphatic rings. The second-order valence-electron chi connectivity index (χ2n) is 8.85. The largest absolute Gasteiger partial charge is 0.491 e. The highest BCUT2D eigenvalue weighted by atomic mass is 19.2. The van der Waals surface area contributed by atoms with E-state index >= 15 is 8.78 Å². The summed E-state index contributed by atoms with van der Waals surface area (Å²) < 4.78 is 64.0. The van der Waals surface area contributed by atoms with Crippen LogP contribution in [0.4, 0.5) is 17.6 Å². The first-order valence-corrected chi connectivity index (χ1v) is 12.3. The lowest BCUT2D eigenvalue weighted by atomic mass is 9.82. The van der Waals surface area contributed by atoms with Crippen LogP contribution < -0.4 is 4.74 Å². The van der Waals surface area contributed by atoms with E-state index in [0.29, 0.717) is 18.4 Å². The quantitative estimate of drug-likeness (QED) is 0.231. The second kappa shape index (κ2) is 11.5. The third-order valence-corrected chi connectivity index (χ3v) is 6.60. The van der Waals surface area contributed by atoms with Crippen molar-refractivity contribution in [3.05, 3.63) is 101 Å². The third kappa shape index (κ3) is 5.38. The normalized spacial score (nSPS) is 15.8. The van der Waals surface area contributed by atoms with Gasteiger partial charge in [-0.15, -0.1) is 0 Å². The van der Waals surface area contributed by atoms with Crippen LogP contribution in [0.2, 0.25) is 0 Å². The number of nitrogens with zero attached hydrogens (tertiary/aromatic N) is 1. The molecule has 0 amide bonds. The van der Waals surface area contributed by atoms with Crippen molar-refractivity contribution in [1.82, 2.24) is 4.98 Å². The number of hydrogen-bond donors (Lipinski definition) is 0. The summed E-state index contributed by atoms with van der Waals surface area (Å²) in [4.78, 5) is 4.57. The molecule has 36 heavy (non-hydrogen) atoms. The van der Waals surface area contributed by atoms with Crippen molar-refractivity contribution >= 4 is 5.57 Å². The summed E-state index contributed by atoms with van der Waals surface area (Å²) in [6.45, 7) is 3.79. The van der Waals surface area contributed by atoms with Crippen molar-refractivity contribution in [3.63, 3.8) is 0 Å². The maximum atomic E-state index is 15.1. The lowest BCUT2D eigenvalue weighted by Crippen LogP contribution is -2.07. The molecule has 188 valence electrons. The summed E-state index contributed by atoms with van der Waals surface area (Å²) in [7, 11) is 0. The maximum Gasteiger partial charge on any atom is 0.201 e. The number of rotatable bonds is 8. The van der Waals surface area contributed by atoms with E-state index in [-0.39, 0.29) is 35.0 Å². The molecule has 2 aromatic carbocycles. The van der Waals surface area contributed by atoms with E-state index in [1.54, 1.807) is 6.92 Å². The molecular formula is C30H29F4NO. The van der Waals surface area contributed by atoms with Crippen LogP contribution in [-0.2, 0) is 6.42 Å². The molecule has 6 heteroatoms. The minimum absolute atomic E-state index is 0.152. The molecule has 0 fully saturated rings. The minimum atomic E-state index is -1.27. The predicted molar refractivity (Wildman–Crippen MR) is 135 cm³/mol. The van der Waals surface area contributed by atoms with Crippen LogP contribution in [0.1, 0.15) is 62.3 Å². The van der Waals surface area contributed by atoms with Gasteiger partial charge in [0.25, 0.3) is 0 Å². The van der Waals surface area contributed by atoms with Gasteiger partial charge in [-0.3, -0.25) is 4.98 Å². The van der Waals surface area contributed by atoms with Gasteiger partial charge in [0.1, 0.15) is 0 Å². The summed E-state index contributed by atoms with van der Waals surface area (Å²) in [5.74, 6) is -4.75. The highest BCUT2D eigenvalue weighted by molar-refractivity contribution is 5.73. The molecule has 0 N–H and O–H groups in total. The van der Waals surface area contributed by atoms with Crippen molar-refractivity contribution in [2.75, 3.05) is 6.61 Å². The van der Waals surface area contributed by atoms with Gasteiger partial charge in [-0.05, 0) is 81.2 Å². The van der Waals surface area contributed by atoms with E-state index in [1.165, 1.54) is 24.3 Å². The monoisotopic (exact) mass is 495 g/mol. The molecule has 1 aliphatic carbocycles. The molecule has 0 aliphatic heterocycles. The van der Waals surface area contributed by atoms with Gasteiger partial charge < -0.3 is 4.74 Å². The number of aryl methyl sites for hydroxylation is 1. The van der Waals surface area contributed by atoms with Crippen molar-refractivity contribution in [2.24, 2.45) is 0 Å². The zero-order valence-corrected chi connectivity index (χ0v) is 20.5. The first kappa shape index (κ1) is 25.7. The van der Waals surface area contributed by atoms with E-state index in [4.69, 9.17) is 4.74 Å². The van der Waals surface area contributed by atoms with Gasteiger partial charge in [0.05, 0.1) is 6.61 Å². The molecule has 1 atom stereocenters. The van der Waals surface area contributed by atoms with Gasteiger partial charge in [0.15, 0.2) is 23.2 Å². The van der Waals surface area contributed by atoms with Crippen LogP contribution in [0.25, 0.3) is 16.7 Å². The van der Waals surface area contributed by atoms with Crippen LogP contribution in [0.5, 0.6) is 5.75 Å². The van der Waals surface area contributed by atoms with Gasteiger partial charge in [-0.25, -0.2) is 13.2 Å². The highest BCUT2D eigenvalue weighted by Crippen LogP contribution is 2.39. The number of benzene rings is 2. The average Bonchev–Trinajstić information content (AvgIpc) is 2.90. The van der Waals surface area contributed by atoms with Crippen molar-refractivity contribution in [3.8, 4) is 16.9 Å². The van der Waals surface area contributed by atoms with Gasteiger partial charge in [0.2, 0.25) is 5.82 Å². The number of pyridine rings is 1. The Morgan fingerprint density at radius 2 is 1.61 bits per heavy atom. The Kier molecular flexibility index (Phi) is 8.24. The van der Waals surface area contributed by atoms with E-state index in [1.807, 2.05) is 25.3 Å². The Labute approximate surface area is 209 Å². The molecule has 4 rings (SSSR count). The van der Waals surface area contributed by atoms with E-state index < -0.39 is 23.3 Å². The molecule has 2 nitrogen and oxygen atoms in total. The highest BCUT2D eigenvalue weighted by Gasteiger charge is 2.24. The van der Waals surface area contributed by atoms with Crippen molar-refractivity contribution < 1.29 is 22.3 Å². The zero-order valence-electron chi connectivity index (χ0n) is 20.5. The lowest BCUT2D eigenvalue weighted by Gasteiger charge is -2.23. The van der Waals surface area contributed by atoms with Crippen molar-refractivity contribution in [1.29, 1.82) is 0 Å². The molecule has 0 saturated carbocycles. The molecule has 0 spiro atoms. The molecule has 1 heterocycles. The van der Waals surface area contributed by atoms with E-state index in [0.717, 1.165) is 30.5 Å². The Bertz CT molecular complexity index is 1280. The summed E-state index contributed by atoms with van der Waals surface area (Å²) in [6.07, 6.45) is 11.9. The van der Waals surface area contributed by atoms with Crippen LogP contribution in [0.15, 0.2) is 60.8 Å². The third-order valence-electron chi connectivity index (χ3n) is 6.60. The standard InChI is InChI=1S/C30H29F4NO/c1-3-5-6-7-22-13-12-21(18-35-22)19-8-10-20(11-9-19)23-14-15-24(28(32)27(23)31)25-16-17-26(36-4-2)30(34)29(25)33/h3,5,10,12-19H,4,6-9,11H2,1-2H3/b5-3+. The number of ether oxygens (including phenoxy) is 1. The molecule has 0 bridgehead atoms. The summed E-state index contributed by atoms with van der Waals surface area (Å²) in [6, 6.07) is 9.31. The fraction of sp³-hybridized carbons (Fsp3) is 0.300. The summed E-state index contributed by atoms with van der Waals surface area (Å²) in [5, 5.41) is 0. The van der Waals surface area contributed by atoms with Crippen LogP contribution in [0.3, 0.4) is 0 Å². The number of hydrogen-bond acceptors (Lipinski definition) is 2. The number of allylic oxidation sites excluding steroid dienone is 4. The molecule has 0 saturated heterocycles. The molecule has 1 unspecified atom stereocenters. The van der Waals surface area contributed by atoms with Gasteiger partial charge >= 0.3 is 0 Å². The van der Waals surface area contributed by atoms with Crippen LogP contribution in [-0.4, -0.2) is 11.6 Å². The first-order valence-electron chi connectivity index (χ1n) is 12.3. The average molecular weight is 496 g/mol. The Morgan fingerprint density at radius 3 is 2.25 bits per heavy atom. The summed E-state index contributed by atoms with van der Waals surface area (Å²) in [5.41, 5.74) is 2.37. The molecule has 1 aromatic heterocycles. The summed E-state index contributed by atoms with van der Waals surface area (Å²) >= 11 is 0. The number of aromatic nitrogens is 1. The van der Waals surface area contributed by atoms with Gasteiger partial charge in [0, 0.05) is 28.6 Å². The van der Waals surface area contributed by atoms with Crippen molar-refractivity contribution in [2.45, 2.75) is 51.9 Å². The van der Waals surface area contributed by atoms with Crippen LogP contribution >= 0.6 is 0 Å². The first-order chi connectivity index (χ1) is 17.4. The lowest BCUT2D eigenvalue weighted by molar-refractivity contribution is 0.314. The Hall–Kier alpha value is -3.41. The molecule has 3 aromatic rings. The molecule has 0 radical (unpaired) electrons. The van der Waals surface area contributed by atoms with Gasteiger partial charge in [-0.2, -0.15) is 4.39 Å². The Morgan fingerprint density at radius 1 is 0.917 bits per heavy atom. The fourth-order valence-electron chi connectivity index (χ4n) is 4.62. The number of halogens is 4.